The largest absolute Gasteiger partial charge is 0.478 e. The highest BCUT2D eigenvalue weighted by Gasteiger charge is 2.36. The molecule has 86 heavy (non-hydrogen) atoms. The number of nitrogens with zero attached hydrogens (tertiary/aromatic N) is 4. The van der Waals surface area contributed by atoms with Gasteiger partial charge in [-0.25, -0.2) is 19.7 Å². The second kappa shape index (κ2) is 28.2. The standard InChI is InChI=1S/C30H23F3N6O3.C25H18F3N3O4.C6H8N2.CH4/c31-30(32,33)24-15-21(19-6-8-20(9-7-19)29(41)39-38-26-3-1-2-12-35-26)13-22-14-23(42-28(22)24)17-37-27(40)11-5-18-4-10-25(34)36-16-18;26-25(27,28)20-11-17(15-3-5-16(6-4-15)24(33)34)9-18-10-19(35-23(18)20)13-31-22(32)8-2-14-1-7-21(29)30-12-14;7-5-6-3-1-2-4-8-6;/h1-16H,17H2,(H2,34,36)(H,35,38)(H,37,40)(H,39,41);1-12H,13H2,(H2,29,30)(H,31,32)(H,33,34);1-4H,5,7H2;1H4/b11-5+;8-2+;;. The van der Waals surface area contributed by atoms with Crippen LogP contribution < -0.4 is 38.7 Å². The first-order valence-corrected chi connectivity index (χ1v) is 25.3. The predicted octanol–water partition coefficient (Wildman–Crippen LogP) is 11.9. The number of aromatic carboxylic acids is 1. The summed E-state index contributed by atoms with van der Waals surface area (Å²) in [5.74, 6) is -1.10. The minimum absolute atomic E-state index is 0. The molecular formula is C62H53F6N11O7. The number of carbonyl (C=O) groups excluding carboxylic acids is 3. The van der Waals surface area contributed by atoms with Gasteiger partial charge in [0.2, 0.25) is 11.8 Å². The van der Waals surface area contributed by atoms with E-state index >= 15 is 0 Å². The van der Waals surface area contributed by atoms with Crippen molar-refractivity contribution in [1.29, 1.82) is 0 Å². The van der Waals surface area contributed by atoms with Gasteiger partial charge in [0, 0.05) is 59.8 Å². The van der Waals surface area contributed by atoms with E-state index < -0.39 is 47.2 Å². The van der Waals surface area contributed by atoms with Crippen LogP contribution in [-0.4, -0.2) is 48.7 Å². The highest BCUT2D eigenvalue weighted by Crippen LogP contribution is 2.41. The molecule has 0 atom stereocenters. The number of rotatable bonds is 15. The maximum absolute atomic E-state index is 14.0. The molecular weight excluding hydrogens is 1120 g/mol. The molecule has 0 fully saturated rings. The van der Waals surface area contributed by atoms with Crippen molar-refractivity contribution in [2.75, 3.05) is 16.9 Å². The number of carboxylic acids is 1. The van der Waals surface area contributed by atoms with E-state index in [2.05, 4.69) is 41.4 Å². The lowest BCUT2D eigenvalue weighted by atomic mass is 9.99. The second-order valence-electron chi connectivity index (χ2n) is 18.2. The Morgan fingerprint density at radius 1 is 0.547 bits per heavy atom. The van der Waals surface area contributed by atoms with Gasteiger partial charge in [0.25, 0.3) is 5.91 Å². The number of hydrazine groups is 1. The molecule has 0 radical (unpaired) electrons. The number of carbonyl (C=O) groups is 4. The third-order valence-corrected chi connectivity index (χ3v) is 12.1. The number of nitrogens with one attached hydrogen (secondary N) is 4. The van der Waals surface area contributed by atoms with Crippen molar-refractivity contribution < 1.29 is 59.5 Å². The Labute approximate surface area is 486 Å². The van der Waals surface area contributed by atoms with Crippen molar-refractivity contribution in [3.05, 3.63) is 233 Å². The van der Waals surface area contributed by atoms with Crippen molar-refractivity contribution in [3.63, 3.8) is 0 Å². The Kier molecular flexibility index (Phi) is 20.5. The third-order valence-electron chi connectivity index (χ3n) is 12.1. The first-order chi connectivity index (χ1) is 40.7. The number of carboxylic acid groups (broad SMARTS) is 1. The highest BCUT2D eigenvalue weighted by atomic mass is 19.4. The van der Waals surface area contributed by atoms with Gasteiger partial charge < -0.3 is 41.8 Å². The van der Waals surface area contributed by atoms with E-state index in [1.54, 1.807) is 73.1 Å². The number of anilines is 3. The van der Waals surface area contributed by atoms with Gasteiger partial charge in [-0.05, 0) is 155 Å². The molecule has 6 aromatic heterocycles. The van der Waals surface area contributed by atoms with Crippen LogP contribution in [0.4, 0.5) is 43.8 Å². The van der Waals surface area contributed by atoms with E-state index in [0.717, 1.165) is 17.8 Å². The molecule has 24 heteroatoms. The Bertz CT molecular complexity index is 4010. The van der Waals surface area contributed by atoms with E-state index in [0.29, 0.717) is 51.8 Å². The van der Waals surface area contributed by atoms with Gasteiger partial charge in [0.15, 0.2) is 0 Å². The maximum atomic E-state index is 14.0. The summed E-state index contributed by atoms with van der Waals surface area (Å²) in [5.41, 5.74) is 22.9. The number of nitrogen functional groups attached to an aromatic ring is 2. The molecule has 0 bridgehead atoms. The van der Waals surface area contributed by atoms with Crippen molar-refractivity contribution in [2.24, 2.45) is 5.73 Å². The predicted molar refractivity (Wildman–Crippen MR) is 314 cm³/mol. The van der Waals surface area contributed by atoms with Crippen LogP contribution in [0.1, 0.15) is 67.6 Å². The number of pyridine rings is 4. The fraction of sp³-hybridized carbons (Fsp3) is 0.0968. The zero-order chi connectivity index (χ0) is 60.7. The highest BCUT2D eigenvalue weighted by molar-refractivity contribution is 5.96. The number of halogens is 6. The molecule has 10 rings (SSSR count). The number of amides is 3. The Hall–Kier alpha value is -11.1. The van der Waals surface area contributed by atoms with Crippen LogP contribution in [-0.2, 0) is 41.6 Å². The molecule has 0 spiro atoms. The molecule has 0 saturated carbocycles. The normalized spacial score (nSPS) is 11.2. The van der Waals surface area contributed by atoms with Gasteiger partial charge in [-0.15, -0.1) is 0 Å². The molecule has 0 saturated heterocycles. The van der Waals surface area contributed by atoms with Gasteiger partial charge in [-0.3, -0.25) is 30.2 Å². The van der Waals surface area contributed by atoms with E-state index in [1.807, 2.05) is 18.2 Å². The van der Waals surface area contributed by atoms with E-state index in [4.69, 9.17) is 31.1 Å². The van der Waals surface area contributed by atoms with E-state index in [1.165, 1.54) is 91.3 Å². The fourth-order valence-corrected chi connectivity index (χ4v) is 7.95. The number of hydrogen-bond donors (Lipinski definition) is 8. The van der Waals surface area contributed by atoms with Crippen LogP contribution in [0.3, 0.4) is 0 Å². The molecule has 4 aromatic carbocycles. The van der Waals surface area contributed by atoms with Crippen LogP contribution >= 0.6 is 0 Å². The summed E-state index contributed by atoms with van der Waals surface area (Å²) >= 11 is 0. The zero-order valence-electron chi connectivity index (χ0n) is 44.3. The molecule has 0 aliphatic heterocycles. The number of benzene rings is 4. The SMILES string of the molecule is C.NCc1ccccn1.Nc1ccc(/C=C/C(=O)NCc2cc3cc(-c4ccc(C(=O)NNc5ccccn5)cc4)cc(C(F)(F)F)c3o2)cn1.Nc1ccc(/C=C/C(=O)NCc2cc3cc(-c4ccc(C(=O)O)cc4)cc(C(F)(F)F)c3o2)cn1. The van der Waals surface area contributed by atoms with Crippen LogP contribution in [0, 0.1) is 0 Å². The average molecular weight is 1180 g/mol. The summed E-state index contributed by atoms with van der Waals surface area (Å²) in [4.78, 5) is 63.7. The first-order valence-electron chi connectivity index (χ1n) is 25.3. The lowest BCUT2D eigenvalue weighted by molar-refractivity contribution is -0.137. The van der Waals surface area contributed by atoms with Crippen LogP contribution in [0.15, 0.2) is 191 Å². The summed E-state index contributed by atoms with van der Waals surface area (Å²) in [5, 5.41) is 14.6. The monoisotopic (exact) mass is 1180 g/mol. The van der Waals surface area contributed by atoms with Gasteiger partial charge in [-0.1, -0.05) is 43.8 Å². The molecule has 3 amide bonds. The lowest BCUT2D eigenvalue weighted by Gasteiger charge is -2.11. The van der Waals surface area contributed by atoms with Crippen molar-refractivity contribution in [3.8, 4) is 22.3 Å². The minimum Gasteiger partial charge on any atom is -0.478 e. The molecule has 6 heterocycles. The summed E-state index contributed by atoms with van der Waals surface area (Å²) in [6.07, 6.45) is 2.48. The Morgan fingerprint density at radius 3 is 1.40 bits per heavy atom. The number of fused-ring (bicyclic) bond motifs is 2. The quantitative estimate of drug-likeness (QED) is 0.0269. The molecule has 0 aliphatic carbocycles. The van der Waals surface area contributed by atoms with Crippen molar-refractivity contribution in [1.82, 2.24) is 36.0 Å². The number of furan rings is 2. The van der Waals surface area contributed by atoms with Crippen molar-refractivity contribution >= 4 is 75.2 Å². The van der Waals surface area contributed by atoms with Crippen molar-refractivity contribution in [2.45, 2.75) is 39.4 Å². The summed E-state index contributed by atoms with van der Waals surface area (Å²) in [6.45, 7) is 0.277. The topological polar surface area (TPSA) is 293 Å². The first kappa shape index (κ1) is 62.5. The number of hydrogen-bond acceptors (Lipinski definition) is 14. The minimum atomic E-state index is -4.69. The van der Waals surface area contributed by atoms with Gasteiger partial charge >= 0.3 is 18.3 Å². The molecule has 18 nitrogen and oxygen atoms in total. The smallest absolute Gasteiger partial charge is 0.420 e. The molecule has 11 N–H and O–H groups in total. The molecule has 10 aromatic rings. The maximum Gasteiger partial charge on any atom is 0.420 e. The number of nitrogens with two attached hydrogens (primary N) is 3. The van der Waals surface area contributed by atoms with E-state index in [9.17, 15) is 45.5 Å². The number of alkyl halides is 6. The molecule has 0 unspecified atom stereocenters. The van der Waals surface area contributed by atoms with Gasteiger partial charge in [0.1, 0.15) is 40.1 Å². The summed E-state index contributed by atoms with van der Waals surface area (Å²) in [6, 6.07) is 36.9. The molecule has 440 valence electrons. The second-order valence-corrected chi connectivity index (χ2v) is 18.2. The Balaban J connectivity index is 0.000000218. The molecule has 0 aliphatic rings. The van der Waals surface area contributed by atoms with Gasteiger partial charge in [0.05, 0.1) is 35.5 Å². The van der Waals surface area contributed by atoms with Gasteiger partial charge in [-0.2, -0.15) is 26.3 Å². The van der Waals surface area contributed by atoms with Crippen LogP contribution in [0.25, 0.3) is 56.3 Å². The third kappa shape index (κ3) is 17.2. The summed E-state index contributed by atoms with van der Waals surface area (Å²) in [7, 11) is 0. The number of aromatic nitrogens is 4. The van der Waals surface area contributed by atoms with Crippen LogP contribution in [0.5, 0.6) is 0 Å². The average Bonchev–Trinajstić information content (AvgIpc) is 3.39. The summed E-state index contributed by atoms with van der Waals surface area (Å²) < 4.78 is 94.2. The zero-order valence-corrected chi connectivity index (χ0v) is 44.3. The van der Waals surface area contributed by atoms with E-state index in [-0.39, 0.29) is 70.7 Å². The Morgan fingerprint density at radius 2 is 1.01 bits per heavy atom. The lowest BCUT2D eigenvalue weighted by Crippen LogP contribution is -2.29. The van der Waals surface area contributed by atoms with Crippen LogP contribution in [0.2, 0.25) is 0 Å². The fourth-order valence-electron chi connectivity index (χ4n) is 7.95.